The van der Waals surface area contributed by atoms with E-state index in [-0.39, 0.29) is 11.3 Å². The molecule has 0 saturated carbocycles. The quantitative estimate of drug-likeness (QED) is 0.725. The standard InChI is InChI=1S/C10H9NO3.C2H6/c1-5-4-7(11)8(10(12)13)6-2-3-14-9(5)6;1-2/h2-4H,11H2,1H3,(H,12,13);1-2H3. The van der Waals surface area contributed by atoms with Crippen molar-refractivity contribution >= 4 is 22.6 Å². The number of nitrogen functional groups attached to an aromatic ring is 1. The lowest BCUT2D eigenvalue weighted by Crippen LogP contribution is -2.03. The highest BCUT2D eigenvalue weighted by Gasteiger charge is 2.15. The number of carbonyl (C=O) groups is 1. The van der Waals surface area contributed by atoms with E-state index in [0.717, 1.165) is 5.56 Å². The van der Waals surface area contributed by atoms with Crippen molar-refractivity contribution in [1.29, 1.82) is 0 Å². The molecule has 1 aromatic heterocycles. The van der Waals surface area contributed by atoms with Gasteiger partial charge in [0.05, 0.1) is 11.8 Å². The van der Waals surface area contributed by atoms with Gasteiger partial charge in [-0.2, -0.15) is 0 Å². The van der Waals surface area contributed by atoms with Crippen molar-refractivity contribution in [1.82, 2.24) is 0 Å². The van der Waals surface area contributed by atoms with Gasteiger partial charge in [0, 0.05) is 11.1 Å². The summed E-state index contributed by atoms with van der Waals surface area (Å²) in [6.45, 7) is 5.83. The van der Waals surface area contributed by atoms with Crippen molar-refractivity contribution < 1.29 is 14.3 Å². The van der Waals surface area contributed by atoms with Crippen LogP contribution in [0.1, 0.15) is 29.8 Å². The minimum Gasteiger partial charge on any atom is -0.478 e. The molecule has 1 aromatic carbocycles. The third-order valence-electron chi connectivity index (χ3n) is 2.17. The Labute approximate surface area is 93.7 Å². The Kier molecular flexibility index (Phi) is 3.55. The van der Waals surface area contributed by atoms with Gasteiger partial charge in [-0.1, -0.05) is 13.8 Å². The number of nitrogens with two attached hydrogens (primary N) is 1. The Morgan fingerprint density at radius 1 is 1.44 bits per heavy atom. The monoisotopic (exact) mass is 221 g/mol. The fourth-order valence-corrected chi connectivity index (χ4v) is 1.58. The van der Waals surface area contributed by atoms with Gasteiger partial charge in [0.1, 0.15) is 5.58 Å². The molecule has 0 radical (unpaired) electrons. The number of furan rings is 1. The van der Waals surface area contributed by atoms with Crippen LogP contribution in [0.3, 0.4) is 0 Å². The zero-order valence-electron chi connectivity index (χ0n) is 9.57. The Balaban J connectivity index is 0.000000606. The van der Waals surface area contributed by atoms with E-state index < -0.39 is 5.97 Å². The Bertz CT molecular complexity index is 514. The highest BCUT2D eigenvalue weighted by molar-refractivity contribution is 6.07. The molecule has 3 N–H and O–H groups in total. The summed E-state index contributed by atoms with van der Waals surface area (Å²) in [5.74, 6) is -1.03. The topological polar surface area (TPSA) is 76.5 Å². The van der Waals surface area contributed by atoms with E-state index in [2.05, 4.69) is 0 Å². The third-order valence-corrected chi connectivity index (χ3v) is 2.17. The van der Waals surface area contributed by atoms with E-state index in [1.54, 1.807) is 12.1 Å². The summed E-state index contributed by atoms with van der Waals surface area (Å²) in [6.07, 6.45) is 1.46. The summed E-state index contributed by atoms with van der Waals surface area (Å²) in [7, 11) is 0. The van der Waals surface area contributed by atoms with E-state index in [1.807, 2.05) is 20.8 Å². The molecule has 1 heterocycles. The van der Waals surface area contributed by atoms with Crippen LogP contribution in [0.25, 0.3) is 11.0 Å². The van der Waals surface area contributed by atoms with Crippen LogP contribution >= 0.6 is 0 Å². The van der Waals surface area contributed by atoms with Crippen molar-refractivity contribution in [2.45, 2.75) is 20.8 Å². The first-order valence-corrected chi connectivity index (χ1v) is 5.11. The van der Waals surface area contributed by atoms with E-state index in [0.29, 0.717) is 11.0 Å². The van der Waals surface area contributed by atoms with Crippen LogP contribution in [0.15, 0.2) is 22.8 Å². The zero-order chi connectivity index (χ0) is 12.3. The van der Waals surface area contributed by atoms with Gasteiger partial charge in [-0.05, 0) is 24.6 Å². The molecule has 4 nitrogen and oxygen atoms in total. The maximum Gasteiger partial charge on any atom is 0.338 e. The van der Waals surface area contributed by atoms with Crippen LogP contribution < -0.4 is 5.73 Å². The fourth-order valence-electron chi connectivity index (χ4n) is 1.58. The molecule has 86 valence electrons. The number of aryl methyl sites for hydroxylation is 1. The predicted molar refractivity (Wildman–Crippen MR) is 63.7 cm³/mol. The molecule has 16 heavy (non-hydrogen) atoms. The van der Waals surface area contributed by atoms with Crippen LogP contribution in [-0.4, -0.2) is 11.1 Å². The highest BCUT2D eigenvalue weighted by atomic mass is 16.4. The summed E-state index contributed by atoms with van der Waals surface area (Å²) < 4.78 is 5.18. The van der Waals surface area contributed by atoms with Gasteiger partial charge in [0.2, 0.25) is 0 Å². The third kappa shape index (κ3) is 1.86. The second-order valence-electron chi connectivity index (χ2n) is 3.13. The molecule has 4 heteroatoms. The molecule has 0 aliphatic carbocycles. The van der Waals surface area contributed by atoms with E-state index in [4.69, 9.17) is 15.3 Å². The summed E-state index contributed by atoms with van der Waals surface area (Å²) in [4.78, 5) is 10.9. The molecule has 2 aromatic rings. The number of aromatic carboxylic acids is 1. The molecule has 0 unspecified atom stereocenters. The molecule has 0 amide bonds. The fraction of sp³-hybridized carbons (Fsp3) is 0.250. The molecule has 2 rings (SSSR count). The number of benzene rings is 1. The van der Waals surface area contributed by atoms with Crippen LogP contribution in [-0.2, 0) is 0 Å². The minimum atomic E-state index is -1.03. The summed E-state index contributed by atoms with van der Waals surface area (Å²) in [5.41, 5.74) is 7.42. The van der Waals surface area contributed by atoms with E-state index in [9.17, 15) is 4.79 Å². The lowest BCUT2D eigenvalue weighted by atomic mass is 10.0. The van der Waals surface area contributed by atoms with Crippen molar-refractivity contribution in [2.24, 2.45) is 0 Å². The Hall–Kier alpha value is -1.97. The van der Waals surface area contributed by atoms with E-state index >= 15 is 0 Å². The summed E-state index contributed by atoms with van der Waals surface area (Å²) in [6, 6.07) is 3.22. The van der Waals surface area contributed by atoms with Gasteiger partial charge < -0.3 is 15.3 Å². The van der Waals surface area contributed by atoms with Crippen LogP contribution in [0.5, 0.6) is 0 Å². The number of hydrogen-bond donors (Lipinski definition) is 2. The number of anilines is 1. The van der Waals surface area contributed by atoms with Crippen LogP contribution in [0.4, 0.5) is 5.69 Å². The predicted octanol–water partition coefficient (Wildman–Crippen LogP) is 3.05. The minimum absolute atomic E-state index is 0.111. The number of carboxylic acid groups (broad SMARTS) is 1. The number of fused-ring (bicyclic) bond motifs is 1. The Morgan fingerprint density at radius 3 is 2.62 bits per heavy atom. The molecule has 0 fully saturated rings. The molecule has 0 aliphatic rings. The SMILES string of the molecule is CC.Cc1cc(N)c(C(=O)O)c2ccoc12. The smallest absolute Gasteiger partial charge is 0.338 e. The second kappa shape index (κ2) is 4.70. The average molecular weight is 221 g/mol. The first-order valence-electron chi connectivity index (χ1n) is 5.11. The summed E-state index contributed by atoms with van der Waals surface area (Å²) >= 11 is 0. The number of rotatable bonds is 1. The van der Waals surface area contributed by atoms with Gasteiger partial charge in [-0.15, -0.1) is 0 Å². The van der Waals surface area contributed by atoms with Gasteiger partial charge in [-0.25, -0.2) is 4.79 Å². The van der Waals surface area contributed by atoms with Crippen molar-refractivity contribution in [3.05, 3.63) is 29.5 Å². The van der Waals surface area contributed by atoms with E-state index in [1.165, 1.54) is 6.26 Å². The average Bonchev–Trinajstić information content (AvgIpc) is 2.69. The van der Waals surface area contributed by atoms with Crippen molar-refractivity contribution in [3.8, 4) is 0 Å². The number of carboxylic acids is 1. The lowest BCUT2D eigenvalue weighted by Gasteiger charge is -2.03. The molecule has 0 aliphatic heterocycles. The lowest BCUT2D eigenvalue weighted by molar-refractivity contribution is 0.0700. The normalized spacial score (nSPS) is 9.69. The van der Waals surface area contributed by atoms with Crippen LogP contribution in [0, 0.1) is 6.92 Å². The molecule has 0 atom stereocenters. The largest absolute Gasteiger partial charge is 0.478 e. The highest BCUT2D eigenvalue weighted by Crippen LogP contribution is 2.28. The molecule has 0 saturated heterocycles. The van der Waals surface area contributed by atoms with Gasteiger partial charge in [0.25, 0.3) is 0 Å². The zero-order valence-corrected chi connectivity index (χ0v) is 9.57. The maximum absolute atomic E-state index is 10.9. The molecule has 0 spiro atoms. The molecule has 0 bridgehead atoms. The van der Waals surface area contributed by atoms with Crippen molar-refractivity contribution in [3.63, 3.8) is 0 Å². The summed E-state index contributed by atoms with van der Waals surface area (Å²) in [5, 5.41) is 9.50. The first kappa shape index (κ1) is 12.1. The first-order chi connectivity index (χ1) is 7.61. The Morgan fingerprint density at radius 2 is 2.06 bits per heavy atom. The molecular weight excluding hydrogens is 206 g/mol. The van der Waals surface area contributed by atoms with Gasteiger partial charge >= 0.3 is 5.97 Å². The number of hydrogen-bond acceptors (Lipinski definition) is 3. The molecular formula is C12H15NO3. The maximum atomic E-state index is 10.9. The van der Waals surface area contributed by atoms with Gasteiger partial charge in [0.15, 0.2) is 0 Å². The van der Waals surface area contributed by atoms with Gasteiger partial charge in [-0.3, -0.25) is 0 Å². The van der Waals surface area contributed by atoms with Crippen molar-refractivity contribution in [2.75, 3.05) is 5.73 Å². The van der Waals surface area contributed by atoms with Crippen LogP contribution in [0.2, 0.25) is 0 Å². The second-order valence-corrected chi connectivity index (χ2v) is 3.13.